The van der Waals surface area contributed by atoms with Crippen LogP contribution in [-0.2, 0) is 0 Å². The molecule has 7 heteroatoms. The molecule has 0 saturated heterocycles. The molecule has 2 aliphatic rings. The zero-order valence-corrected chi connectivity index (χ0v) is 20.1. The van der Waals surface area contributed by atoms with Gasteiger partial charge in [-0.1, -0.05) is 49.1 Å². The molecule has 2 atom stereocenters. The first-order valence-corrected chi connectivity index (χ1v) is 11.3. The Kier molecular flexibility index (Phi) is 7.97. The van der Waals surface area contributed by atoms with E-state index in [0.29, 0.717) is 40.7 Å². The van der Waals surface area contributed by atoms with Gasteiger partial charge in [0, 0.05) is 36.0 Å². The smallest absolute Gasteiger partial charge is 0.154 e. The number of hydrogen-bond donors (Lipinski definition) is 1. The van der Waals surface area contributed by atoms with E-state index in [1.165, 1.54) is 0 Å². The second-order valence-electron chi connectivity index (χ2n) is 7.75. The lowest BCUT2D eigenvalue weighted by Gasteiger charge is -2.32. The van der Waals surface area contributed by atoms with Crippen LogP contribution in [-0.4, -0.2) is 16.1 Å². The van der Waals surface area contributed by atoms with Crippen LogP contribution in [0.25, 0.3) is 5.57 Å². The molecule has 1 N–H and O–H groups in total. The van der Waals surface area contributed by atoms with E-state index in [2.05, 4.69) is 29.5 Å². The first-order chi connectivity index (χ1) is 15.8. The minimum absolute atomic E-state index is 0.223. The Hall–Kier alpha value is -3.07. The van der Waals surface area contributed by atoms with Crippen molar-refractivity contribution in [1.29, 1.82) is 5.26 Å². The van der Waals surface area contributed by atoms with Gasteiger partial charge in [-0.2, -0.15) is 5.26 Å². The maximum absolute atomic E-state index is 15.3. The van der Waals surface area contributed by atoms with Crippen LogP contribution in [0.3, 0.4) is 0 Å². The summed E-state index contributed by atoms with van der Waals surface area (Å²) in [6, 6.07) is 7.66. The summed E-state index contributed by atoms with van der Waals surface area (Å²) >= 11 is 12.8. The maximum Gasteiger partial charge on any atom is 0.154 e. The average Bonchev–Trinajstić information content (AvgIpc) is 2.78. The Morgan fingerprint density at radius 2 is 2.18 bits per heavy atom. The molecule has 1 heterocycles. The number of allylic oxidation sites excluding steroid dienone is 5. The molecule has 33 heavy (non-hydrogen) atoms. The summed E-state index contributed by atoms with van der Waals surface area (Å²) in [5.41, 5.74) is 4.01. The number of anilines is 1. The van der Waals surface area contributed by atoms with Crippen molar-refractivity contribution in [2.75, 3.05) is 5.32 Å². The van der Waals surface area contributed by atoms with Crippen molar-refractivity contribution in [2.45, 2.75) is 32.1 Å². The molecule has 0 fully saturated rings. The van der Waals surface area contributed by atoms with Gasteiger partial charge in [0.25, 0.3) is 0 Å². The summed E-state index contributed by atoms with van der Waals surface area (Å²) < 4.78 is 15.3. The van der Waals surface area contributed by atoms with Crippen LogP contribution in [0.15, 0.2) is 89.8 Å². The first kappa shape index (κ1) is 24.6. The van der Waals surface area contributed by atoms with Crippen molar-refractivity contribution in [2.24, 2.45) is 10.9 Å². The van der Waals surface area contributed by atoms with Crippen LogP contribution in [0.4, 0.5) is 10.1 Å². The lowest BCUT2D eigenvalue weighted by atomic mass is 9.90. The van der Waals surface area contributed by atoms with Gasteiger partial charge >= 0.3 is 0 Å². The van der Waals surface area contributed by atoms with Crippen LogP contribution < -0.4 is 5.32 Å². The highest BCUT2D eigenvalue weighted by Crippen LogP contribution is 2.37. The second-order valence-corrected chi connectivity index (χ2v) is 8.63. The number of benzene rings is 1. The van der Waals surface area contributed by atoms with E-state index >= 15 is 4.39 Å². The molecule has 0 aromatic heterocycles. The number of nitrogens with one attached hydrogen (secondary N) is 1. The van der Waals surface area contributed by atoms with Crippen molar-refractivity contribution in [1.82, 2.24) is 4.90 Å². The molecule has 0 amide bonds. The third-order valence-electron chi connectivity index (χ3n) is 5.46. The molecular formula is C26H25Cl2FN4. The molecule has 1 aromatic carbocycles. The number of halogens is 3. The van der Waals surface area contributed by atoms with Crippen LogP contribution >= 0.6 is 23.2 Å². The minimum Gasteiger partial charge on any atom is -0.338 e. The lowest BCUT2D eigenvalue weighted by molar-refractivity contribution is 0.488. The Balaban J connectivity index is 1.82. The zero-order chi connectivity index (χ0) is 24.1. The SMILES string of the molecule is C=C(C)c1ccc(NC2=NC=CN(/C(=C\C)C3=C(F)C(Cl)C(CCC#N)C=C3)C2=C)cc1Cl. The molecular weight excluding hydrogens is 458 g/mol. The van der Waals surface area contributed by atoms with Crippen LogP contribution in [0, 0.1) is 17.2 Å². The summed E-state index contributed by atoms with van der Waals surface area (Å²) in [6.45, 7) is 11.8. The van der Waals surface area contributed by atoms with Gasteiger partial charge < -0.3 is 10.2 Å². The molecule has 0 spiro atoms. The summed E-state index contributed by atoms with van der Waals surface area (Å²) in [4.78, 5) is 6.16. The minimum atomic E-state index is -0.824. The number of amidine groups is 1. The van der Waals surface area contributed by atoms with Gasteiger partial charge in [-0.05, 0) is 43.5 Å². The fraction of sp³-hybridized carbons (Fsp3) is 0.231. The highest BCUT2D eigenvalue weighted by atomic mass is 35.5. The third-order valence-corrected chi connectivity index (χ3v) is 6.29. The lowest BCUT2D eigenvalue weighted by Crippen LogP contribution is -2.30. The highest BCUT2D eigenvalue weighted by Gasteiger charge is 2.30. The van der Waals surface area contributed by atoms with E-state index < -0.39 is 11.2 Å². The first-order valence-electron chi connectivity index (χ1n) is 10.5. The molecule has 1 aliphatic heterocycles. The fourth-order valence-electron chi connectivity index (χ4n) is 3.70. The topological polar surface area (TPSA) is 51.4 Å². The quantitative estimate of drug-likeness (QED) is 0.422. The van der Waals surface area contributed by atoms with E-state index in [-0.39, 0.29) is 5.92 Å². The van der Waals surface area contributed by atoms with Crippen molar-refractivity contribution >= 4 is 40.3 Å². The van der Waals surface area contributed by atoms with Crippen molar-refractivity contribution in [3.63, 3.8) is 0 Å². The van der Waals surface area contributed by atoms with Gasteiger partial charge in [0.2, 0.25) is 0 Å². The van der Waals surface area contributed by atoms with E-state index in [1.807, 2.05) is 32.1 Å². The summed E-state index contributed by atoms with van der Waals surface area (Å²) in [5, 5.41) is 11.8. The second kappa shape index (κ2) is 10.7. The molecule has 1 aliphatic carbocycles. The molecule has 0 bridgehead atoms. The van der Waals surface area contributed by atoms with E-state index in [0.717, 1.165) is 16.8 Å². The van der Waals surface area contributed by atoms with Crippen molar-refractivity contribution < 1.29 is 4.39 Å². The van der Waals surface area contributed by atoms with E-state index in [1.54, 1.807) is 35.5 Å². The Bertz CT molecular complexity index is 1170. The molecule has 4 nitrogen and oxygen atoms in total. The van der Waals surface area contributed by atoms with Crippen LogP contribution in [0.2, 0.25) is 5.02 Å². The highest BCUT2D eigenvalue weighted by molar-refractivity contribution is 6.32. The van der Waals surface area contributed by atoms with Gasteiger partial charge in [0.15, 0.2) is 5.84 Å². The number of hydrogen-bond acceptors (Lipinski definition) is 4. The summed E-state index contributed by atoms with van der Waals surface area (Å²) in [5.74, 6) is -0.138. The number of nitrogens with zero attached hydrogens (tertiary/aromatic N) is 3. The zero-order valence-electron chi connectivity index (χ0n) is 18.6. The summed E-state index contributed by atoms with van der Waals surface area (Å²) in [7, 11) is 0. The largest absolute Gasteiger partial charge is 0.338 e. The van der Waals surface area contributed by atoms with Crippen molar-refractivity contribution in [3.05, 3.63) is 95.4 Å². The third kappa shape index (κ3) is 5.30. The Morgan fingerprint density at radius 3 is 2.82 bits per heavy atom. The predicted octanol–water partition coefficient (Wildman–Crippen LogP) is 7.71. The summed E-state index contributed by atoms with van der Waals surface area (Å²) in [6.07, 6.45) is 9.56. The van der Waals surface area contributed by atoms with Gasteiger partial charge in [0.05, 0.1) is 27.9 Å². The van der Waals surface area contributed by atoms with Gasteiger partial charge in [-0.3, -0.25) is 0 Å². The number of nitriles is 1. The monoisotopic (exact) mass is 482 g/mol. The normalized spacial score (nSPS) is 20.6. The Labute approximate surface area is 204 Å². The molecule has 3 rings (SSSR count). The van der Waals surface area contributed by atoms with Gasteiger partial charge in [-0.15, -0.1) is 11.6 Å². The van der Waals surface area contributed by atoms with Gasteiger partial charge in [-0.25, -0.2) is 9.38 Å². The van der Waals surface area contributed by atoms with Crippen LogP contribution in [0.5, 0.6) is 0 Å². The fourth-order valence-corrected chi connectivity index (χ4v) is 4.37. The number of alkyl halides is 1. The average molecular weight is 483 g/mol. The van der Waals surface area contributed by atoms with E-state index in [4.69, 9.17) is 28.5 Å². The molecule has 170 valence electrons. The van der Waals surface area contributed by atoms with Crippen LogP contribution in [0.1, 0.15) is 32.3 Å². The van der Waals surface area contributed by atoms with Crippen molar-refractivity contribution in [3.8, 4) is 6.07 Å². The molecule has 0 radical (unpaired) electrons. The number of aliphatic imine (C=N–C) groups is 1. The maximum atomic E-state index is 15.3. The molecule has 0 saturated carbocycles. The molecule has 2 unspecified atom stereocenters. The van der Waals surface area contributed by atoms with E-state index in [9.17, 15) is 0 Å². The Morgan fingerprint density at radius 1 is 1.42 bits per heavy atom. The predicted molar refractivity (Wildman–Crippen MR) is 136 cm³/mol. The number of rotatable bonds is 6. The molecule has 1 aromatic rings. The van der Waals surface area contributed by atoms with Gasteiger partial charge in [0.1, 0.15) is 5.83 Å². The standard InChI is InChI=1S/C26H25Cl2FN4/c1-5-23(21-10-8-18(7-6-12-30)24(28)25(21)29)33-14-13-31-26(17(33)4)32-19-9-11-20(16(2)3)22(27)15-19/h5,8-11,13-15,18,24H,2,4,6-7H2,1,3H3,(H,31,32)/b23-5-.